The zero-order valence-corrected chi connectivity index (χ0v) is 11.7. The predicted molar refractivity (Wildman–Crippen MR) is 70.0 cm³/mol. The molecule has 1 aliphatic heterocycles. The molecule has 1 heterocycles. The molecule has 2 aliphatic rings. The molecule has 0 aromatic carbocycles. The number of amides is 1. The van der Waals surface area contributed by atoms with E-state index in [1.165, 1.54) is 6.26 Å². The van der Waals surface area contributed by atoms with Crippen LogP contribution in [0.25, 0.3) is 0 Å². The van der Waals surface area contributed by atoms with Gasteiger partial charge in [0.25, 0.3) is 0 Å². The van der Waals surface area contributed by atoms with Crippen LogP contribution in [0.15, 0.2) is 0 Å². The molecule has 2 N–H and O–H groups in total. The summed E-state index contributed by atoms with van der Waals surface area (Å²) in [5.41, 5.74) is 0.256. The van der Waals surface area contributed by atoms with E-state index >= 15 is 0 Å². The van der Waals surface area contributed by atoms with Gasteiger partial charge in [0, 0.05) is 18.7 Å². The van der Waals surface area contributed by atoms with Gasteiger partial charge in [0.1, 0.15) is 9.84 Å². The quantitative estimate of drug-likeness (QED) is 0.688. The minimum absolute atomic E-state index is 0.116. The third-order valence-corrected chi connectivity index (χ3v) is 5.13. The summed E-state index contributed by atoms with van der Waals surface area (Å²) in [5.74, 6) is 0.427. The lowest BCUT2D eigenvalue weighted by Crippen LogP contribution is -2.34. The predicted octanol–water partition coefficient (Wildman–Crippen LogP) is -0.0730. The van der Waals surface area contributed by atoms with E-state index in [0.29, 0.717) is 13.0 Å². The molecular formula is C12H22N2O3S. The highest BCUT2D eigenvalue weighted by atomic mass is 32.2. The Kier molecular flexibility index (Phi) is 3.96. The van der Waals surface area contributed by atoms with E-state index in [9.17, 15) is 13.2 Å². The standard InChI is InChI=1S/C12H22N2O3S/c1-18(16,17)8-2-5-14-11(15)10-9-12(10)3-6-13-7-4-12/h10,13H,2-9H2,1H3,(H,14,15). The van der Waals surface area contributed by atoms with Crippen molar-refractivity contribution in [2.45, 2.75) is 25.7 Å². The van der Waals surface area contributed by atoms with Gasteiger partial charge in [-0.15, -0.1) is 0 Å². The minimum Gasteiger partial charge on any atom is -0.356 e. The molecule has 1 saturated carbocycles. The fourth-order valence-electron chi connectivity index (χ4n) is 2.86. The maximum Gasteiger partial charge on any atom is 0.223 e. The topological polar surface area (TPSA) is 75.3 Å². The van der Waals surface area contributed by atoms with Gasteiger partial charge in [0.15, 0.2) is 0 Å². The van der Waals surface area contributed by atoms with Gasteiger partial charge in [0.05, 0.1) is 5.75 Å². The molecule has 0 aromatic heterocycles. The average molecular weight is 274 g/mol. The van der Waals surface area contributed by atoms with E-state index in [2.05, 4.69) is 10.6 Å². The Morgan fingerprint density at radius 3 is 2.67 bits per heavy atom. The van der Waals surface area contributed by atoms with E-state index in [-0.39, 0.29) is 23.0 Å². The lowest BCUT2D eigenvalue weighted by Gasteiger charge is -2.23. The molecule has 0 aromatic rings. The first-order chi connectivity index (χ1) is 8.43. The molecule has 1 spiro atoms. The Morgan fingerprint density at radius 2 is 2.06 bits per heavy atom. The summed E-state index contributed by atoms with van der Waals surface area (Å²) in [7, 11) is -2.91. The number of piperidine rings is 1. The fraction of sp³-hybridized carbons (Fsp3) is 0.917. The molecule has 1 amide bonds. The zero-order chi connectivity index (χ0) is 13.2. The highest BCUT2D eigenvalue weighted by molar-refractivity contribution is 7.90. The molecule has 1 atom stereocenters. The molecule has 0 radical (unpaired) electrons. The molecule has 5 nitrogen and oxygen atoms in total. The van der Waals surface area contributed by atoms with E-state index in [0.717, 1.165) is 32.4 Å². The Bertz CT molecular complexity index is 413. The molecule has 18 heavy (non-hydrogen) atoms. The van der Waals surface area contributed by atoms with Crippen LogP contribution in [0, 0.1) is 11.3 Å². The average Bonchev–Trinajstić information content (AvgIpc) is 2.98. The first-order valence-electron chi connectivity index (χ1n) is 6.59. The van der Waals surface area contributed by atoms with E-state index in [1.54, 1.807) is 0 Å². The molecule has 1 unspecified atom stereocenters. The van der Waals surface area contributed by atoms with Crippen LogP contribution in [-0.2, 0) is 14.6 Å². The van der Waals surface area contributed by atoms with Crippen LogP contribution in [0.1, 0.15) is 25.7 Å². The number of rotatable bonds is 5. The van der Waals surface area contributed by atoms with Gasteiger partial charge in [0.2, 0.25) is 5.91 Å². The molecule has 2 rings (SSSR count). The van der Waals surface area contributed by atoms with Crippen molar-refractivity contribution in [1.29, 1.82) is 0 Å². The molecule has 0 bridgehead atoms. The zero-order valence-electron chi connectivity index (χ0n) is 10.9. The van der Waals surface area contributed by atoms with Crippen molar-refractivity contribution >= 4 is 15.7 Å². The normalized spacial score (nSPS) is 25.9. The Hall–Kier alpha value is -0.620. The molecule has 104 valence electrons. The SMILES string of the molecule is CS(=O)(=O)CCCNC(=O)C1CC12CCNCC2. The van der Waals surface area contributed by atoms with Crippen molar-refractivity contribution in [1.82, 2.24) is 10.6 Å². The smallest absolute Gasteiger partial charge is 0.223 e. The maximum atomic E-state index is 11.9. The Balaban J connectivity index is 1.67. The van der Waals surface area contributed by atoms with Crippen LogP contribution in [0.5, 0.6) is 0 Å². The van der Waals surface area contributed by atoms with Crippen LogP contribution in [0.4, 0.5) is 0 Å². The van der Waals surface area contributed by atoms with Gasteiger partial charge in [-0.3, -0.25) is 4.79 Å². The van der Waals surface area contributed by atoms with Crippen LogP contribution >= 0.6 is 0 Å². The number of hydrogen-bond donors (Lipinski definition) is 2. The number of carbonyl (C=O) groups is 1. The lowest BCUT2D eigenvalue weighted by atomic mass is 9.92. The summed E-state index contributed by atoms with van der Waals surface area (Å²) < 4.78 is 21.9. The number of hydrogen-bond acceptors (Lipinski definition) is 4. The first-order valence-corrected chi connectivity index (χ1v) is 8.65. The lowest BCUT2D eigenvalue weighted by molar-refractivity contribution is -0.123. The van der Waals surface area contributed by atoms with Crippen LogP contribution in [0.2, 0.25) is 0 Å². The molecule has 1 saturated heterocycles. The van der Waals surface area contributed by atoms with Crippen molar-refractivity contribution in [2.24, 2.45) is 11.3 Å². The van der Waals surface area contributed by atoms with Crippen LogP contribution in [0.3, 0.4) is 0 Å². The van der Waals surface area contributed by atoms with Gasteiger partial charge in [-0.25, -0.2) is 8.42 Å². The van der Waals surface area contributed by atoms with Crippen molar-refractivity contribution in [3.8, 4) is 0 Å². The summed E-state index contributed by atoms with van der Waals surface area (Å²) in [6, 6.07) is 0. The minimum atomic E-state index is -2.91. The molecule has 1 aliphatic carbocycles. The third kappa shape index (κ3) is 3.45. The van der Waals surface area contributed by atoms with Crippen LogP contribution in [-0.4, -0.2) is 46.0 Å². The molecular weight excluding hydrogens is 252 g/mol. The third-order valence-electron chi connectivity index (χ3n) is 4.10. The molecule has 2 fully saturated rings. The summed E-state index contributed by atoms with van der Waals surface area (Å²) in [4.78, 5) is 11.9. The Labute approximate surface area is 109 Å². The first kappa shape index (κ1) is 13.8. The summed E-state index contributed by atoms with van der Waals surface area (Å²) >= 11 is 0. The fourth-order valence-corrected chi connectivity index (χ4v) is 3.53. The molecule has 6 heteroatoms. The van der Waals surface area contributed by atoms with E-state index in [4.69, 9.17) is 0 Å². The van der Waals surface area contributed by atoms with E-state index < -0.39 is 9.84 Å². The van der Waals surface area contributed by atoms with Crippen molar-refractivity contribution in [3.05, 3.63) is 0 Å². The van der Waals surface area contributed by atoms with Crippen LogP contribution < -0.4 is 10.6 Å². The highest BCUT2D eigenvalue weighted by Crippen LogP contribution is 2.58. The van der Waals surface area contributed by atoms with Gasteiger partial charge >= 0.3 is 0 Å². The van der Waals surface area contributed by atoms with Gasteiger partial charge in [-0.1, -0.05) is 0 Å². The number of nitrogens with one attached hydrogen (secondary N) is 2. The van der Waals surface area contributed by atoms with Gasteiger partial charge in [-0.2, -0.15) is 0 Å². The van der Waals surface area contributed by atoms with Crippen molar-refractivity contribution in [2.75, 3.05) is 31.6 Å². The summed E-state index contributed by atoms with van der Waals surface area (Å²) in [6.45, 7) is 2.49. The van der Waals surface area contributed by atoms with Gasteiger partial charge in [-0.05, 0) is 44.2 Å². The largest absolute Gasteiger partial charge is 0.356 e. The summed E-state index contributed by atoms with van der Waals surface area (Å²) in [6.07, 6.45) is 4.92. The Morgan fingerprint density at radius 1 is 1.39 bits per heavy atom. The maximum absolute atomic E-state index is 11.9. The number of carbonyl (C=O) groups excluding carboxylic acids is 1. The second-order valence-electron chi connectivity index (χ2n) is 5.64. The van der Waals surface area contributed by atoms with Gasteiger partial charge < -0.3 is 10.6 Å². The van der Waals surface area contributed by atoms with Crippen molar-refractivity contribution in [3.63, 3.8) is 0 Å². The van der Waals surface area contributed by atoms with Crippen molar-refractivity contribution < 1.29 is 13.2 Å². The monoisotopic (exact) mass is 274 g/mol. The second kappa shape index (κ2) is 5.17. The highest BCUT2D eigenvalue weighted by Gasteiger charge is 2.57. The second-order valence-corrected chi connectivity index (χ2v) is 7.90. The number of sulfone groups is 1. The summed E-state index contributed by atoms with van der Waals surface area (Å²) in [5, 5.41) is 6.18. The van der Waals surface area contributed by atoms with E-state index in [1.807, 2.05) is 0 Å².